The monoisotopic (exact) mass is 321 g/mol. The van der Waals surface area contributed by atoms with E-state index in [-0.39, 0.29) is 0 Å². The number of hydrogen-bond acceptors (Lipinski definition) is 4. The van der Waals surface area contributed by atoms with Crippen molar-refractivity contribution < 1.29 is 4.74 Å². The third kappa shape index (κ3) is 4.13. The van der Waals surface area contributed by atoms with Crippen LogP contribution < -0.4 is 15.8 Å². The molecule has 4 nitrogen and oxygen atoms in total. The summed E-state index contributed by atoms with van der Waals surface area (Å²) >= 11 is 3.42. The summed E-state index contributed by atoms with van der Waals surface area (Å²) in [4.78, 5) is 4.40. The van der Waals surface area contributed by atoms with E-state index in [4.69, 9.17) is 10.5 Å². The Morgan fingerprint density at radius 2 is 2.16 bits per heavy atom. The van der Waals surface area contributed by atoms with Gasteiger partial charge in [-0.2, -0.15) is 0 Å². The lowest BCUT2D eigenvalue weighted by Gasteiger charge is -2.09. The molecule has 0 fully saturated rings. The van der Waals surface area contributed by atoms with Crippen molar-refractivity contribution in [3.63, 3.8) is 0 Å². The summed E-state index contributed by atoms with van der Waals surface area (Å²) in [6, 6.07) is 11.3. The van der Waals surface area contributed by atoms with Crippen molar-refractivity contribution in [2.24, 2.45) is 0 Å². The van der Waals surface area contributed by atoms with Crippen LogP contribution in [0.4, 0.5) is 11.5 Å². The summed E-state index contributed by atoms with van der Waals surface area (Å²) in [7, 11) is 0. The molecule has 0 saturated heterocycles. The SMILES string of the molecule is Cc1nc(NCCOc2cccc(N)c2)ccc1Br. The number of halogens is 1. The molecule has 2 aromatic rings. The molecule has 3 N–H and O–H groups in total. The third-order valence-corrected chi connectivity index (χ3v) is 3.39. The summed E-state index contributed by atoms with van der Waals surface area (Å²) in [6.45, 7) is 3.20. The molecular formula is C14H16BrN3O. The van der Waals surface area contributed by atoms with E-state index in [1.807, 2.05) is 43.3 Å². The van der Waals surface area contributed by atoms with E-state index in [0.29, 0.717) is 18.8 Å². The smallest absolute Gasteiger partial charge is 0.126 e. The fourth-order valence-electron chi connectivity index (χ4n) is 1.59. The van der Waals surface area contributed by atoms with Gasteiger partial charge in [0, 0.05) is 16.2 Å². The van der Waals surface area contributed by atoms with Crippen molar-refractivity contribution in [1.29, 1.82) is 0 Å². The van der Waals surface area contributed by atoms with Crippen molar-refractivity contribution in [2.45, 2.75) is 6.92 Å². The Morgan fingerprint density at radius 1 is 1.32 bits per heavy atom. The molecule has 5 heteroatoms. The number of hydrogen-bond donors (Lipinski definition) is 2. The van der Waals surface area contributed by atoms with E-state index >= 15 is 0 Å². The highest BCUT2D eigenvalue weighted by molar-refractivity contribution is 9.10. The minimum Gasteiger partial charge on any atom is -0.492 e. The first-order valence-electron chi connectivity index (χ1n) is 6.00. The van der Waals surface area contributed by atoms with E-state index in [0.717, 1.165) is 21.7 Å². The standard InChI is InChI=1S/C14H16BrN3O/c1-10-13(15)5-6-14(18-10)17-7-8-19-12-4-2-3-11(16)9-12/h2-6,9H,7-8,16H2,1H3,(H,17,18). The van der Waals surface area contributed by atoms with Crippen LogP contribution in [0.5, 0.6) is 5.75 Å². The van der Waals surface area contributed by atoms with Gasteiger partial charge in [-0.15, -0.1) is 0 Å². The van der Waals surface area contributed by atoms with Crippen molar-refractivity contribution in [3.05, 3.63) is 46.6 Å². The lowest BCUT2D eigenvalue weighted by atomic mass is 10.3. The van der Waals surface area contributed by atoms with E-state index in [1.165, 1.54) is 0 Å². The number of aryl methyl sites for hydroxylation is 1. The largest absolute Gasteiger partial charge is 0.492 e. The number of ether oxygens (including phenoxy) is 1. The normalized spacial score (nSPS) is 10.2. The molecule has 2 rings (SSSR count). The van der Waals surface area contributed by atoms with Crippen LogP contribution in [0.1, 0.15) is 5.69 Å². The van der Waals surface area contributed by atoms with Gasteiger partial charge in [-0.05, 0) is 47.1 Å². The highest BCUT2D eigenvalue weighted by atomic mass is 79.9. The topological polar surface area (TPSA) is 60.2 Å². The number of pyridine rings is 1. The second-order valence-electron chi connectivity index (χ2n) is 4.11. The zero-order valence-electron chi connectivity index (χ0n) is 10.7. The molecule has 0 amide bonds. The number of aromatic nitrogens is 1. The van der Waals surface area contributed by atoms with Crippen LogP contribution in [0.15, 0.2) is 40.9 Å². The lowest BCUT2D eigenvalue weighted by molar-refractivity contribution is 0.333. The third-order valence-electron chi connectivity index (χ3n) is 2.56. The van der Waals surface area contributed by atoms with Gasteiger partial charge in [0.1, 0.15) is 18.2 Å². The van der Waals surface area contributed by atoms with Gasteiger partial charge in [-0.25, -0.2) is 4.98 Å². The maximum atomic E-state index is 5.67. The second kappa shape index (κ2) is 6.43. The maximum Gasteiger partial charge on any atom is 0.126 e. The minimum atomic E-state index is 0.556. The molecule has 0 aliphatic heterocycles. The first kappa shape index (κ1) is 13.7. The van der Waals surface area contributed by atoms with Crippen molar-refractivity contribution >= 4 is 27.4 Å². The zero-order valence-corrected chi connectivity index (χ0v) is 12.3. The summed E-state index contributed by atoms with van der Waals surface area (Å²) in [6.07, 6.45) is 0. The van der Waals surface area contributed by atoms with E-state index < -0.39 is 0 Å². The highest BCUT2D eigenvalue weighted by Crippen LogP contribution is 2.16. The number of anilines is 2. The summed E-state index contributed by atoms with van der Waals surface area (Å²) in [5.41, 5.74) is 7.34. The fourth-order valence-corrected chi connectivity index (χ4v) is 1.82. The molecule has 0 atom stereocenters. The van der Waals surface area contributed by atoms with Crippen LogP contribution in [0.25, 0.3) is 0 Å². The van der Waals surface area contributed by atoms with Gasteiger partial charge in [-0.1, -0.05) is 6.07 Å². The quantitative estimate of drug-likeness (QED) is 0.655. The molecule has 19 heavy (non-hydrogen) atoms. The van der Waals surface area contributed by atoms with Crippen LogP contribution in [-0.4, -0.2) is 18.1 Å². The Labute approximate surface area is 121 Å². The van der Waals surface area contributed by atoms with Crippen LogP contribution in [0.3, 0.4) is 0 Å². The molecule has 0 saturated carbocycles. The first-order chi connectivity index (χ1) is 9.15. The molecule has 1 aromatic heterocycles. The number of nitrogens with two attached hydrogens (primary N) is 1. The molecule has 0 unspecified atom stereocenters. The summed E-state index contributed by atoms with van der Waals surface area (Å²) in [5, 5.41) is 3.21. The average molecular weight is 322 g/mol. The Balaban J connectivity index is 1.79. The Bertz CT molecular complexity index is 560. The number of benzene rings is 1. The van der Waals surface area contributed by atoms with Gasteiger partial charge in [0.15, 0.2) is 0 Å². The number of nitrogens with zero attached hydrogens (tertiary/aromatic N) is 1. The molecule has 1 aromatic carbocycles. The predicted octanol–water partition coefficient (Wildman–Crippen LogP) is 3.23. The fraction of sp³-hybridized carbons (Fsp3) is 0.214. The Hall–Kier alpha value is -1.75. The second-order valence-corrected chi connectivity index (χ2v) is 4.97. The molecular weight excluding hydrogens is 306 g/mol. The molecule has 100 valence electrons. The molecule has 0 aliphatic carbocycles. The van der Waals surface area contributed by atoms with Crippen LogP contribution in [0, 0.1) is 6.92 Å². The molecule has 0 aliphatic rings. The van der Waals surface area contributed by atoms with Gasteiger partial charge in [0.05, 0.1) is 12.2 Å². The van der Waals surface area contributed by atoms with E-state index in [9.17, 15) is 0 Å². The summed E-state index contributed by atoms with van der Waals surface area (Å²) < 4.78 is 6.59. The lowest BCUT2D eigenvalue weighted by Crippen LogP contribution is -2.12. The average Bonchev–Trinajstić information content (AvgIpc) is 2.39. The first-order valence-corrected chi connectivity index (χ1v) is 6.80. The van der Waals surface area contributed by atoms with E-state index in [1.54, 1.807) is 0 Å². The van der Waals surface area contributed by atoms with Crippen LogP contribution in [0.2, 0.25) is 0 Å². The van der Waals surface area contributed by atoms with Gasteiger partial charge in [-0.3, -0.25) is 0 Å². The van der Waals surface area contributed by atoms with Crippen molar-refractivity contribution in [2.75, 3.05) is 24.2 Å². The number of nitrogens with one attached hydrogen (secondary N) is 1. The van der Waals surface area contributed by atoms with Crippen LogP contribution in [-0.2, 0) is 0 Å². The van der Waals surface area contributed by atoms with Gasteiger partial charge in [0.25, 0.3) is 0 Å². The molecule has 0 bridgehead atoms. The molecule has 0 radical (unpaired) electrons. The van der Waals surface area contributed by atoms with Crippen molar-refractivity contribution in [3.8, 4) is 5.75 Å². The maximum absolute atomic E-state index is 5.67. The Kier molecular flexibility index (Phi) is 4.63. The molecule has 1 heterocycles. The zero-order chi connectivity index (χ0) is 13.7. The van der Waals surface area contributed by atoms with Gasteiger partial charge >= 0.3 is 0 Å². The minimum absolute atomic E-state index is 0.556. The Morgan fingerprint density at radius 3 is 2.89 bits per heavy atom. The molecule has 0 spiro atoms. The highest BCUT2D eigenvalue weighted by Gasteiger charge is 1.99. The van der Waals surface area contributed by atoms with Crippen LogP contribution >= 0.6 is 15.9 Å². The van der Waals surface area contributed by atoms with Crippen molar-refractivity contribution in [1.82, 2.24) is 4.98 Å². The van der Waals surface area contributed by atoms with Gasteiger partial charge in [0.2, 0.25) is 0 Å². The van der Waals surface area contributed by atoms with Gasteiger partial charge < -0.3 is 15.8 Å². The predicted molar refractivity (Wildman–Crippen MR) is 81.5 cm³/mol. The number of rotatable bonds is 5. The number of nitrogen functional groups attached to an aromatic ring is 1. The summed E-state index contributed by atoms with van der Waals surface area (Å²) in [5.74, 6) is 1.62. The van der Waals surface area contributed by atoms with E-state index in [2.05, 4.69) is 26.2 Å².